The molecule has 6 unspecified atom stereocenters. The number of hydrogen-bond donors (Lipinski definition) is 2. The van der Waals surface area contributed by atoms with E-state index in [0.29, 0.717) is 30.1 Å². The Morgan fingerprint density at radius 3 is 2.41 bits per heavy atom. The molecule has 8 rings (SSSR count). The molecule has 14 nitrogen and oxygen atoms in total. The smallest absolute Gasteiger partial charge is 0.416 e. The minimum absolute atomic E-state index is 0.0147. The highest BCUT2D eigenvalue weighted by Crippen LogP contribution is 2.62. The van der Waals surface area contributed by atoms with Gasteiger partial charge < -0.3 is 34.0 Å². The van der Waals surface area contributed by atoms with E-state index in [9.17, 15) is 20.3 Å². The summed E-state index contributed by atoms with van der Waals surface area (Å²) in [6.45, 7) is 12.3. The van der Waals surface area contributed by atoms with Crippen LogP contribution in [0.1, 0.15) is 94.1 Å². The number of aromatic nitrogens is 1. The molecule has 2 N–H and O–H groups in total. The number of fused-ring (bicyclic) bond motifs is 3. The molecule has 1 aliphatic heterocycles. The van der Waals surface area contributed by atoms with Crippen LogP contribution in [0, 0.1) is 34.8 Å². The molecule has 1 saturated carbocycles. The number of aliphatic hydroxyl groups is 2. The molecule has 0 spiro atoms. The number of aliphatic hydroxyl groups excluding tert-OH is 2. The Balaban J connectivity index is 1.35. The number of benzene rings is 4. The third-order valence-corrected chi connectivity index (χ3v) is 13.5. The van der Waals surface area contributed by atoms with Gasteiger partial charge in [0.25, 0.3) is 5.69 Å². The fraction of sp³-hybridized carbons (Fsp3) is 0.411. The van der Waals surface area contributed by atoms with Crippen LogP contribution in [0.5, 0.6) is 17.2 Å². The van der Waals surface area contributed by atoms with Crippen molar-refractivity contribution in [1.82, 2.24) is 9.88 Å². The first-order valence-electron chi connectivity index (χ1n) is 24.3. The zero-order valence-corrected chi connectivity index (χ0v) is 40.5. The standard InChI is InChI=1S/C56H64N4O10/c1-6-31-67-56-51(59(35-40-19-14-18-38-16-7-8-21-45(38)40)54(63)68-43-25-23-42(24-26-43)60(64)65)34-49(58-70-55(3,4)5)47-32-39(17-9-11-29-61)46(22-10-12-30-62)52(53(47)56)48-33-44(27-28-50(48)69-56)66-36-41-20-13-15-37(2)57-41/h6-8,13-16,18-21,23-28,32-33,39,46,51-53,61-62H,1,9-12,17,22,29-31,34-36H2,2-5H3. The van der Waals surface area contributed by atoms with E-state index < -0.39 is 34.4 Å². The summed E-state index contributed by atoms with van der Waals surface area (Å²) in [6, 6.07) is 30.1. The Morgan fingerprint density at radius 2 is 1.69 bits per heavy atom. The Bertz CT molecular complexity index is 2710. The number of unbranched alkanes of at least 4 members (excludes halogenated alkanes) is 2. The molecule has 0 bridgehead atoms. The molecule has 1 amide bonds. The van der Waals surface area contributed by atoms with Gasteiger partial charge in [-0.05, 0) is 130 Å². The van der Waals surface area contributed by atoms with E-state index >= 15 is 4.79 Å². The maximum absolute atomic E-state index is 15.4. The molecular formula is C56H64N4O10. The Labute approximate surface area is 409 Å². The molecule has 0 radical (unpaired) electrons. The number of hydrogen-bond acceptors (Lipinski definition) is 12. The van der Waals surface area contributed by atoms with Crippen LogP contribution in [0.15, 0.2) is 133 Å². The highest BCUT2D eigenvalue weighted by atomic mass is 16.7. The predicted molar refractivity (Wildman–Crippen MR) is 268 cm³/mol. The summed E-state index contributed by atoms with van der Waals surface area (Å²) in [7, 11) is 0. The number of non-ortho nitro benzene ring substituents is 1. The van der Waals surface area contributed by atoms with Gasteiger partial charge in [-0.2, -0.15) is 0 Å². The molecule has 5 aromatic rings. The van der Waals surface area contributed by atoms with Crippen molar-refractivity contribution < 1.29 is 43.7 Å². The minimum atomic E-state index is -1.59. The van der Waals surface area contributed by atoms with Crippen molar-refractivity contribution in [2.24, 2.45) is 22.9 Å². The van der Waals surface area contributed by atoms with Crippen molar-refractivity contribution in [1.29, 1.82) is 0 Å². The number of allylic oxidation sites excluding steroid dienone is 1. The van der Waals surface area contributed by atoms with Gasteiger partial charge in [0.2, 0.25) is 5.79 Å². The van der Waals surface area contributed by atoms with Gasteiger partial charge in [0.1, 0.15) is 35.5 Å². The Hall–Kier alpha value is -6.61. The average molecular weight is 953 g/mol. The zero-order chi connectivity index (χ0) is 49.4. The third-order valence-electron chi connectivity index (χ3n) is 13.5. The fourth-order valence-electron chi connectivity index (χ4n) is 10.5. The van der Waals surface area contributed by atoms with E-state index in [1.54, 1.807) is 11.0 Å². The van der Waals surface area contributed by atoms with Gasteiger partial charge >= 0.3 is 6.09 Å². The van der Waals surface area contributed by atoms with Crippen molar-refractivity contribution in [3.05, 3.63) is 160 Å². The lowest BCUT2D eigenvalue weighted by atomic mass is 9.55. The van der Waals surface area contributed by atoms with Crippen LogP contribution in [0.4, 0.5) is 10.5 Å². The molecule has 368 valence electrons. The van der Waals surface area contributed by atoms with E-state index in [0.717, 1.165) is 64.5 Å². The molecule has 3 aliphatic rings. The first-order chi connectivity index (χ1) is 33.8. The second kappa shape index (κ2) is 22.0. The monoisotopic (exact) mass is 952 g/mol. The van der Waals surface area contributed by atoms with Crippen LogP contribution < -0.4 is 14.2 Å². The van der Waals surface area contributed by atoms with Crippen LogP contribution in [-0.4, -0.2) is 74.1 Å². The minimum Gasteiger partial charge on any atom is -0.487 e. The van der Waals surface area contributed by atoms with Crippen LogP contribution in [0.2, 0.25) is 0 Å². The number of carbonyl (C=O) groups is 1. The van der Waals surface area contributed by atoms with Crippen molar-refractivity contribution in [2.45, 2.75) is 109 Å². The maximum atomic E-state index is 15.4. The molecule has 14 heteroatoms. The Kier molecular flexibility index (Phi) is 15.6. The summed E-state index contributed by atoms with van der Waals surface area (Å²) in [6.07, 6.45) is 7.71. The second-order valence-corrected chi connectivity index (χ2v) is 19.4. The lowest BCUT2D eigenvalue weighted by molar-refractivity contribution is -0.384. The summed E-state index contributed by atoms with van der Waals surface area (Å²) in [5, 5.41) is 38.6. The number of carbonyl (C=O) groups excluding carboxylic acids is 1. The fourth-order valence-corrected chi connectivity index (χ4v) is 10.5. The van der Waals surface area contributed by atoms with Crippen LogP contribution in [0.25, 0.3) is 10.8 Å². The number of aryl methyl sites for hydroxylation is 1. The highest BCUT2D eigenvalue weighted by Gasteiger charge is 2.66. The quantitative estimate of drug-likeness (QED) is 0.0329. The van der Waals surface area contributed by atoms with Gasteiger partial charge in [0, 0.05) is 48.9 Å². The number of amides is 1. The van der Waals surface area contributed by atoms with Gasteiger partial charge in [-0.15, -0.1) is 6.58 Å². The molecule has 4 aromatic carbocycles. The summed E-state index contributed by atoms with van der Waals surface area (Å²) >= 11 is 0. The summed E-state index contributed by atoms with van der Waals surface area (Å²) in [5.41, 5.74) is 4.13. The number of oxime groups is 1. The van der Waals surface area contributed by atoms with E-state index in [2.05, 4.69) is 23.7 Å². The zero-order valence-electron chi connectivity index (χ0n) is 40.5. The SMILES string of the molecule is C=CCOC12Oc3ccc(OCc4cccc(C)n4)cc3C3C(CCCCO)C(CCCCO)C=C(C(=NOC(C)(C)C)CC1N(Cc1cccc4ccccc14)C(=O)Oc1ccc([N+](=O)[O-])cc1)C32. The summed E-state index contributed by atoms with van der Waals surface area (Å²) < 4.78 is 27.4. The van der Waals surface area contributed by atoms with E-state index in [1.165, 1.54) is 24.3 Å². The van der Waals surface area contributed by atoms with E-state index in [4.69, 9.17) is 28.9 Å². The number of ether oxygens (including phenoxy) is 4. The number of nitro benzene ring substituents is 1. The van der Waals surface area contributed by atoms with Gasteiger partial charge in [0.05, 0.1) is 35.4 Å². The second-order valence-electron chi connectivity index (χ2n) is 19.4. The first-order valence-corrected chi connectivity index (χ1v) is 24.3. The first kappa shape index (κ1) is 49.8. The predicted octanol–water partition coefficient (Wildman–Crippen LogP) is 11.2. The molecule has 70 heavy (non-hydrogen) atoms. The molecule has 1 aromatic heterocycles. The topological polar surface area (TPSA) is 175 Å². The van der Waals surface area contributed by atoms with Crippen LogP contribution in [0.3, 0.4) is 0 Å². The molecule has 6 atom stereocenters. The van der Waals surface area contributed by atoms with E-state index in [1.807, 2.05) is 100 Å². The molecule has 2 aliphatic carbocycles. The Morgan fingerprint density at radius 1 is 0.957 bits per heavy atom. The largest absolute Gasteiger partial charge is 0.487 e. The highest BCUT2D eigenvalue weighted by molar-refractivity contribution is 6.03. The van der Waals surface area contributed by atoms with Gasteiger partial charge in [-0.25, -0.2) is 4.79 Å². The van der Waals surface area contributed by atoms with Gasteiger partial charge in [0.15, 0.2) is 0 Å². The van der Waals surface area contributed by atoms with Gasteiger partial charge in [-0.3, -0.25) is 20.0 Å². The maximum Gasteiger partial charge on any atom is 0.416 e. The van der Waals surface area contributed by atoms with Crippen molar-refractivity contribution >= 4 is 28.3 Å². The van der Waals surface area contributed by atoms with Crippen LogP contribution in [-0.2, 0) is 22.7 Å². The van der Waals surface area contributed by atoms with Crippen molar-refractivity contribution in [3.63, 3.8) is 0 Å². The number of pyridine rings is 1. The van der Waals surface area contributed by atoms with Crippen molar-refractivity contribution in [2.75, 3.05) is 19.8 Å². The van der Waals surface area contributed by atoms with E-state index in [-0.39, 0.29) is 68.6 Å². The number of nitro groups is 1. The third kappa shape index (κ3) is 11.0. The summed E-state index contributed by atoms with van der Waals surface area (Å²) in [4.78, 5) is 39.1. The van der Waals surface area contributed by atoms with Crippen LogP contribution >= 0.6 is 0 Å². The molecule has 1 fully saturated rings. The normalized spacial score (nSPS) is 22.0. The molecule has 2 heterocycles. The molecule has 0 saturated heterocycles. The summed E-state index contributed by atoms with van der Waals surface area (Å²) in [5.74, 6) is -1.17. The number of rotatable bonds is 20. The number of nitrogens with zero attached hydrogens (tertiary/aromatic N) is 4. The average Bonchev–Trinajstić information content (AvgIpc) is 3.34. The lowest BCUT2D eigenvalue weighted by Crippen LogP contribution is -2.70. The van der Waals surface area contributed by atoms with Gasteiger partial charge in [-0.1, -0.05) is 78.7 Å². The molecular weight excluding hydrogens is 889 g/mol. The van der Waals surface area contributed by atoms with Crippen molar-refractivity contribution in [3.8, 4) is 17.2 Å². The lowest BCUT2D eigenvalue weighted by Gasteiger charge is -2.60.